The second-order valence-corrected chi connectivity index (χ2v) is 7.74. The molecular formula is C16H16OSe. The van der Waals surface area contributed by atoms with E-state index in [4.69, 9.17) is 0 Å². The Balaban J connectivity index is 1.84. The van der Waals surface area contributed by atoms with Crippen molar-refractivity contribution < 1.29 is 4.79 Å². The summed E-state index contributed by atoms with van der Waals surface area (Å²) in [4.78, 5) is 12.8. The summed E-state index contributed by atoms with van der Waals surface area (Å²) < 4.78 is 1.33. The number of benzene rings is 1. The van der Waals surface area contributed by atoms with E-state index >= 15 is 0 Å². The Hall–Kier alpha value is -1.11. The quantitative estimate of drug-likeness (QED) is 0.606. The molecule has 0 saturated heterocycles. The molecule has 2 heteroatoms. The van der Waals surface area contributed by atoms with E-state index in [0.717, 1.165) is 12.8 Å². The number of hydrogen-bond acceptors (Lipinski definition) is 1. The number of Topliss-reactive ketones (excluding diaryl/α,β-unsaturated/α-hetero) is 1. The van der Waals surface area contributed by atoms with Crippen molar-refractivity contribution >= 4 is 25.2 Å². The third kappa shape index (κ3) is 1.90. The first-order valence-electron chi connectivity index (χ1n) is 6.33. The van der Waals surface area contributed by atoms with Gasteiger partial charge in [-0.3, -0.25) is 0 Å². The molecule has 1 aromatic carbocycles. The van der Waals surface area contributed by atoms with E-state index in [1.807, 2.05) is 6.07 Å². The van der Waals surface area contributed by atoms with Crippen molar-refractivity contribution in [2.45, 2.75) is 24.6 Å². The van der Waals surface area contributed by atoms with Crippen LogP contribution >= 0.6 is 0 Å². The third-order valence-electron chi connectivity index (χ3n) is 3.85. The van der Waals surface area contributed by atoms with Crippen molar-refractivity contribution in [1.82, 2.24) is 0 Å². The Bertz CT molecular complexity index is 529. The monoisotopic (exact) mass is 304 g/mol. The van der Waals surface area contributed by atoms with E-state index in [1.54, 1.807) is 0 Å². The van der Waals surface area contributed by atoms with Crippen LogP contribution in [0.25, 0.3) is 0 Å². The summed E-state index contributed by atoms with van der Waals surface area (Å²) in [6, 6.07) is 10.4. The Kier molecular flexibility index (Phi) is 3.01. The van der Waals surface area contributed by atoms with Crippen LogP contribution in [0.3, 0.4) is 0 Å². The molecule has 1 nitrogen and oxygen atoms in total. The Morgan fingerprint density at radius 3 is 2.78 bits per heavy atom. The van der Waals surface area contributed by atoms with Gasteiger partial charge in [0.1, 0.15) is 0 Å². The molecule has 0 aromatic heterocycles. The van der Waals surface area contributed by atoms with E-state index < -0.39 is 0 Å². The van der Waals surface area contributed by atoms with Gasteiger partial charge in [-0.15, -0.1) is 0 Å². The number of carbonyl (C=O) groups excluding carboxylic acids is 1. The van der Waals surface area contributed by atoms with E-state index in [0.29, 0.717) is 5.78 Å². The van der Waals surface area contributed by atoms with Gasteiger partial charge in [0.05, 0.1) is 0 Å². The van der Waals surface area contributed by atoms with Crippen LogP contribution in [0.5, 0.6) is 0 Å². The van der Waals surface area contributed by atoms with Crippen molar-refractivity contribution in [1.29, 1.82) is 0 Å². The van der Waals surface area contributed by atoms with Crippen LogP contribution in [0, 0.1) is 5.41 Å². The fraction of sp³-hybridized carbons (Fsp3) is 0.312. The average molecular weight is 303 g/mol. The molecule has 2 aliphatic rings. The molecule has 1 saturated carbocycles. The molecule has 0 bridgehead atoms. The standard InChI is InChI=1S/C16H16OSe/c1-16-10-6-5-7-12(16)11-14(15(16)17)18-13-8-3-2-4-9-13/h2-4,6-10,14H,5,11H2,1H3. The van der Waals surface area contributed by atoms with Gasteiger partial charge in [0.15, 0.2) is 0 Å². The zero-order valence-corrected chi connectivity index (χ0v) is 12.1. The molecule has 0 radical (unpaired) electrons. The van der Waals surface area contributed by atoms with Crippen LogP contribution in [0.15, 0.2) is 54.1 Å². The first-order valence-corrected chi connectivity index (χ1v) is 8.18. The van der Waals surface area contributed by atoms with Crippen molar-refractivity contribution in [2.24, 2.45) is 5.41 Å². The second kappa shape index (κ2) is 4.53. The summed E-state index contributed by atoms with van der Waals surface area (Å²) in [5, 5.41) is 0. The molecule has 2 unspecified atom stereocenters. The summed E-state index contributed by atoms with van der Waals surface area (Å²) in [7, 11) is 0. The molecule has 0 heterocycles. The molecule has 3 rings (SSSR count). The van der Waals surface area contributed by atoms with E-state index in [1.165, 1.54) is 10.0 Å². The van der Waals surface area contributed by atoms with Crippen LogP contribution in [0.2, 0.25) is 4.82 Å². The van der Waals surface area contributed by atoms with Gasteiger partial charge in [0.2, 0.25) is 0 Å². The van der Waals surface area contributed by atoms with Crippen LogP contribution in [0.4, 0.5) is 0 Å². The van der Waals surface area contributed by atoms with Gasteiger partial charge >= 0.3 is 114 Å². The van der Waals surface area contributed by atoms with Crippen LogP contribution in [0.1, 0.15) is 19.8 Å². The minimum atomic E-state index is -0.292. The summed E-state index contributed by atoms with van der Waals surface area (Å²) >= 11 is 0.257. The summed E-state index contributed by atoms with van der Waals surface area (Å²) in [6.07, 6.45) is 8.45. The molecule has 0 aliphatic heterocycles. The van der Waals surface area contributed by atoms with E-state index in [-0.39, 0.29) is 25.2 Å². The number of allylic oxidation sites excluding steroid dienone is 4. The molecule has 0 spiro atoms. The summed E-state index contributed by atoms with van der Waals surface area (Å²) in [5.74, 6) is 0.425. The number of fused-ring (bicyclic) bond motifs is 1. The molecule has 18 heavy (non-hydrogen) atoms. The molecule has 2 atom stereocenters. The second-order valence-electron chi connectivity index (χ2n) is 5.06. The average Bonchev–Trinajstić information content (AvgIpc) is 2.64. The maximum absolute atomic E-state index is 12.6. The normalized spacial score (nSPS) is 30.2. The minimum absolute atomic E-state index is 0.221. The SMILES string of the molecule is CC12C=CCC=C1CC([Se]c1ccccc1)C2=O. The topological polar surface area (TPSA) is 17.1 Å². The molecule has 1 fully saturated rings. The van der Waals surface area contributed by atoms with E-state index in [2.05, 4.69) is 49.4 Å². The van der Waals surface area contributed by atoms with Gasteiger partial charge in [0.25, 0.3) is 0 Å². The van der Waals surface area contributed by atoms with Gasteiger partial charge in [-0.1, -0.05) is 0 Å². The van der Waals surface area contributed by atoms with Gasteiger partial charge in [-0.2, -0.15) is 0 Å². The maximum atomic E-state index is 12.6. The third-order valence-corrected chi connectivity index (χ3v) is 6.39. The van der Waals surface area contributed by atoms with E-state index in [9.17, 15) is 4.79 Å². The molecule has 0 amide bonds. The van der Waals surface area contributed by atoms with Gasteiger partial charge in [-0.25, -0.2) is 0 Å². The molecule has 92 valence electrons. The molecule has 2 aliphatic carbocycles. The fourth-order valence-corrected chi connectivity index (χ4v) is 5.39. The van der Waals surface area contributed by atoms with Crippen molar-refractivity contribution in [3.05, 3.63) is 54.1 Å². The number of rotatable bonds is 2. The van der Waals surface area contributed by atoms with Gasteiger partial charge < -0.3 is 0 Å². The van der Waals surface area contributed by atoms with Gasteiger partial charge in [-0.05, 0) is 0 Å². The summed E-state index contributed by atoms with van der Waals surface area (Å²) in [6.45, 7) is 2.08. The fourth-order valence-electron chi connectivity index (χ4n) is 2.75. The first-order chi connectivity index (χ1) is 8.70. The van der Waals surface area contributed by atoms with Gasteiger partial charge in [0, 0.05) is 0 Å². The molecular weight excluding hydrogens is 287 g/mol. The van der Waals surface area contributed by atoms with Crippen molar-refractivity contribution in [3.8, 4) is 0 Å². The zero-order chi connectivity index (χ0) is 12.6. The molecule has 1 aromatic rings. The zero-order valence-electron chi connectivity index (χ0n) is 10.4. The predicted molar refractivity (Wildman–Crippen MR) is 75.2 cm³/mol. The predicted octanol–water partition coefficient (Wildman–Crippen LogP) is 2.67. The Labute approximate surface area is 114 Å². The first kappa shape index (κ1) is 12.0. The van der Waals surface area contributed by atoms with Crippen molar-refractivity contribution in [2.75, 3.05) is 0 Å². The van der Waals surface area contributed by atoms with Crippen molar-refractivity contribution in [3.63, 3.8) is 0 Å². The number of hydrogen-bond donors (Lipinski definition) is 0. The van der Waals surface area contributed by atoms with Crippen LogP contribution in [-0.2, 0) is 4.79 Å². The Morgan fingerprint density at radius 1 is 1.28 bits per heavy atom. The number of ketones is 1. The van der Waals surface area contributed by atoms with Crippen LogP contribution in [-0.4, -0.2) is 20.7 Å². The number of carbonyl (C=O) groups is 1. The molecule has 0 N–H and O–H groups in total. The summed E-state index contributed by atoms with van der Waals surface area (Å²) in [5.41, 5.74) is 1.05. The Morgan fingerprint density at radius 2 is 2.06 bits per heavy atom. The van der Waals surface area contributed by atoms with Crippen LogP contribution < -0.4 is 4.46 Å².